The van der Waals surface area contributed by atoms with Crippen LogP contribution in [0.25, 0.3) is 0 Å². The van der Waals surface area contributed by atoms with Gasteiger partial charge in [0.2, 0.25) is 0 Å². The summed E-state index contributed by atoms with van der Waals surface area (Å²) < 4.78 is 0. The number of aliphatic hydroxyl groups excluding tert-OH is 1. The molecule has 2 N–H and O–H groups in total. The first-order valence-corrected chi connectivity index (χ1v) is 5.00. The minimum Gasteiger partial charge on any atom is -0.479 e. The molecular formula is C12H16O3. The van der Waals surface area contributed by atoms with Crippen LogP contribution in [0.3, 0.4) is 0 Å². The first-order valence-electron chi connectivity index (χ1n) is 5.00. The van der Waals surface area contributed by atoms with Crippen LogP contribution in [0.1, 0.15) is 31.1 Å². The van der Waals surface area contributed by atoms with Gasteiger partial charge in [0, 0.05) is 0 Å². The molecule has 0 amide bonds. The molecule has 1 unspecified atom stereocenters. The molecule has 0 aliphatic carbocycles. The molecule has 3 nitrogen and oxygen atoms in total. The summed E-state index contributed by atoms with van der Waals surface area (Å²) in [6, 6.07) is 7.05. The van der Waals surface area contributed by atoms with E-state index in [1.54, 1.807) is 12.1 Å². The molecule has 0 fully saturated rings. The molecule has 0 bridgehead atoms. The zero-order valence-corrected chi connectivity index (χ0v) is 8.97. The summed E-state index contributed by atoms with van der Waals surface area (Å²) in [5.41, 5.74) is 1.58. The quantitative estimate of drug-likeness (QED) is 0.795. The maximum atomic E-state index is 10.5. The first-order chi connectivity index (χ1) is 7.00. The van der Waals surface area contributed by atoms with Gasteiger partial charge in [-0.1, -0.05) is 38.1 Å². The SMILES string of the molecule is CC(C)Cc1ccc(C(O)C(=O)O)cc1. The maximum absolute atomic E-state index is 10.5. The van der Waals surface area contributed by atoms with Crippen molar-refractivity contribution >= 4 is 5.97 Å². The smallest absolute Gasteiger partial charge is 0.337 e. The Morgan fingerprint density at radius 2 is 1.80 bits per heavy atom. The molecule has 82 valence electrons. The summed E-state index contributed by atoms with van der Waals surface area (Å²) in [7, 11) is 0. The third-order valence-electron chi connectivity index (χ3n) is 2.17. The van der Waals surface area contributed by atoms with Gasteiger partial charge < -0.3 is 10.2 Å². The summed E-state index contributed by atoms with van der Waals surface area (Å²) in [6.45, 7) is 4.25. The third-order valence-corrected chi connectivity index (χ3v) is 2.17. The zero-order valence-electron chi connectivity index (χ0n) is 8.97. The van der Waals surface area contributed by atoms with E-state index in [0.29, 0.717) is 11.5 Å². The van der Waals surface area contributed by atoms with Gasteiger partial charge >= 0.3 is 5.97 Å². The lowest BCUT2D eigenvalue weighted by atomic mass is 10.0. The molecule has 15 heavy (non-hydrogen) atoms. The Kier molecular flexibility index (Phi) is 3.86. The predicted molar refractivity (Wildman–Crippen MR) is 57.6 cm³/mol. The minimum atomic E-state index is -1.42. The fourth-order valence-electron chi connectivity index (χ4n) is 1.45. The Morgan fingerprint density at radius 1 is 1.27 bits per heavy atom. The Hall–Kier alpha value is -1.35. The molecule has 1 atom stereocenters. The van der Waals surface area contributed by atoms with E-state index in [-0.39, 0.29) is 0 Å². The van der Waals surface area contributed by atoms with Crippen molar-refractivity contribution in [2.75, 3.05) is 0 Å². The highest BCUT2D eigenvalue weighted by atomic mass is 16.4. The van der Waals surface area contributed by atoms with E-state index in [4.69, 9.17) is 5.11 Å². The highest BCUT2D eigenvalue weighted by molar-refractivity contribution is 5.73. The molecule has 0 aliphatic heterocycles. The molecule has 0 saturated carbocycles. The van der Waals surface area contributed by atoms with Gasteiger partial charge in [0.1, 0.15) is 0 Å². The van der Waals surface area contributed by atoms with Gasteiger partial charge in [-0.15, -0.1) is 0 Å². The Balaban J connectivity index is 2.76. The average molecular weight is 208 g/mol. The lowest BCUT2D eigenvalue weighted by Crippen LogP contribution is -2.10. The highest BCUT2D eigenvalue weighted by Crippen LogP contribution is 2.15. The van der Waals surface area contributed by atoms with Crippen molar-refractivity contribution in [3.8, 4) is 0 Å². The Morgan fingerprint density at radius 3 is 2.20 bits per heavy atom. The molecule has 0 aromatic heterocycles. The first kappa shape index (κ1) is 11.7. The second-order valence-corrected chi connectivity index (χ2v) is 4.08. The molecule has 1 rings (SSSR count). The van der Waals surface area contributed by atoms with Crippen LogP contribution in [0.15, 0.2) is 24.3 Å². The van der Waals surface area contributed by atoms with Crippen molar-refractivity contribution in [3.05, 3.63) is 35.4 Å². The fourth-order valence-corrected chi connectivity index (χ4v) is 1.45. The van der Waals surface area contributed by atoms with Crippen molar-refractivity contribution < 1.29 is 15.0 Å². The topological polar surface area (TPSA) is 57.5 Å². The van der Waals surface area contributed by atoms with Crippen LogP contribution in [-0.4, -0.2) is 16.2 Å². The van der Waals surface area contributed by atoms with Crippen molar-refractivity contribution in [2.45, 2.75) is 26.4 Å². The van der Waals surface area contributed by atoms with Crippen LogP contribution in [-0.2, 0) is 11.2 Å². The van der Waals surface area contributed by atoms with Crippen LogP contribution < -0.4 is 0 Å². The number of hydrogen-bond acceptors (Lipinski definition) is 2. The van der Waals surface area contributed by atoms with Gasteiger partial charge in [-0.25, -0.2) is 4.79 Å². The van der Waals surface area contributed by atoms with Crippen molar-refractivity contribution in [1.82, 2.24) is 0 Å². The predicted octanol–water partition coefficient (Wildman–Crippen LogP) is 2.00. The Bertz CT molecular complexity index is 327. The van der Waals surface area contributed by atoms with E-state index in [1.807, 2.05) is 12.1 Å². The Labute approximate surface area is 89.4 Å². The number of aliphatic carboxylic acids is 1. The van der Waals surface area contributed by atoms with Crippen LogP contribution in [0.5, 0.6) is 0 Å². The van der Waals surface area contributed by atoms with Gasteiger partial charge in [-0.2, -0.15) is 0 Å². The largest absolute Gasteiger partial charge is 0.479 e. The minimum absolute atomic E-state index is 0.426. The summed E-state index contributed by atoms with van der Waals surface area (Å²) in [4.78, 5) is 10.5. The summed E-state index contributed by atoms with van der Waals surface area (Å²) >= 11 is 0. The number of aliphatic hydroxyl groups is 1. The van der Waals surface area contributed by atoms with E-state index < -0.39 is 12.1 Å². The van der Waals surface area contributed by atoms with Gasteiger partial charge in [-0.3, -0.25) is 0 Å². The average Bonchev–Trinajstić information content (AvgIpc) is 2.17. The van der Waals surface area contributed by atoms with Gasteiger partial charge in [0.15, 0.2) is 6.10 Å². The molecule has 1 aromatic carbocycles. The monoisotopic (exact) mass is 208 g/mol. The van der Waals surface area contributed by atoms with Crippen LogP contribution in [0, 0.1) is 5.92 Å². The number of benzene rings is 1. The van der Waals surface area contributed by atoms with E-state index in [9.17, 15) is 9.90 Å². The van der Waals surface area contributed by atoms with Gasteiger partial charge in [0.05, 0.1) is 0 Å². The van der Waals surface area contributed by atoms with Crippen LogP contribution >= 0.6 is 0 Å². The van der Waals surface area contributed by atoms with Crippen molar-refractivity contribution in [3.63, 3.8) is 0 Å². The van der Waals surface area contributed by atoms with E-state index in [0.717, 1.165) is 12.0 Å². The highest BCUT2D eigenvalue weighted by Gasteiger charge is 2.15. The molecule has 0 saturated heterocycles. The maximum Gasteiger partial charge on any atom is 0.337 e. The lowest BCUT2D eigenvalue weighted by molar-refractivity contribution is -0.146. The molecule has 1 aromatic rings. The van der Waals surface area contributed by atoms with Crippen molar-refractivity contribution in [2.24, 2.45) is 5.92 Å². The lowest BCUT2D eigenvalue weighted by Gasteiger charge is -2.08. The van der Waals surface area contributed by atoms with Crippen molar-refractivity contribution in [1.29, 1.82) is 0 Å². The van der Waals surface area contributed by atoms with E-state index in [2.05, 4.69) is 13.8 Å². The number of rotatable bonds is 4. The van der Waals surface area contributed by atoms with Gasteiger partial charge in [0.25, 0.3) is 0 Å². The summed E-state index contributed by atoms with van der Waals surface area (Å²) in [6.07, 6.45) is -0.457. The standard InChI is InChI=1S/C12H16O3/c1-8(2)7-9-3-5-10(6-4-9)11(13)12(14)15/h3-6,8,11,13H,7H2,1-2H3,(H,14,15). The second kappa shape index (κ2) is 4.94. The van der Waals surface area contributed by atoms with Crippen LogP contribution in [0.2, 0.25) is 0 Å². The second-order valence-electron chi connectivity index (χ2n) is 4.08. The molecule has 0 spiro atoms. The number of carboxylic acids is 1. The van der Waals surface area contributed by atoms with Gasteiger partial charge in [-0.05, 0) is 23.5 Å². The molecular weight excluding hydrogens is 192 g/mol. The van der Waals surface area contributed by atoms with E-state index in [1.165, 1.54) is 0 Å². The number of carboxylic acid groups (broad SMARTS) is 1. The molecule has 0 aliphatic rings. The molecule has 3 heteroatoms. The normalized spacial score (nSPS) is 12.8. The molecule has 0 heterocycles. The zero-order chi connectivity index (χ0) is 11.4. The summed E-state index contributed by atoms with van der Waals surface area (Å²) in [5, 5.41) is 17.9. The van der Waals surface area contributed by atoms with E-state index >= 15 is 0 Å². The molecule has 0 radical (unpaired) electrons. The van der Waals surface area contributed by atoms with Crippen LogP contribution in [0.4, 0.5) is 0 Å². The fraction of sp³-hybridized carbons (Fsp3) is 0.417. The third kappa shape index (κ3) is 3.36. The summed E-state index contributed by atoms with van der Waals surface area (Å²) in [5.74, 6) is -0.646. The number of hydrogen-bond donors (Lipinski definition) is 2. The number of carbonyl (C=O) groups is 1.